The molecule has 1 aliphatic heterocycles. The maximum Gasteiger partial charge on any atom is 0.254 e. The summed E-state index contributed by atoms with van der Waals surface area (Å²) in [5, 5.41) is 1.88. The first-order valence-electron chi connectivity index (χ1n) is 8.63. The maximum absolute atomic E-state index is 13.3. The van der Waals surface area contributed by atoms with Crippen molar-refractivity contribution in [3.63, 3.8) is 0 Å². The summed E-state index contributed by atoms with van der Waals surface area (Å²) in [6, 6.07) is 14.1. The monoisotopic (exact) mass is 334 g/mol. The van der Waals surface area contributed by atoms with E-state index >= 15 is 0 Å². The number of carbonyl (C=O) groups excluding carboxylic acids is 1. The molecule has 4 rings (SSSR count). The Morgan fingerprint density at radius 3 is 2.76 bits per heavy atom. The number of aromatic nitrogens is 1. The Morgan fingerprint density at radius 2 is 1.92 bits per heavy atom. The van der Waals surface area contributed by atoms with Crippen LogP contribution in [-0.4, -0.2) is 22.3 Å². The molecular weight excluding hydrogens is 315 g/mol. The number of hydrogen-bond donors (Lipinski definition) is 0. The molecule has 0 bridgehead atoms. The van der Waals surface area contributed by atoms with Crippen LogP contribution >= 0.6 is 0 Å². The van der Waals surface area contributed by atoms with E-state index in [0.29, 0.717) is 5.56 Å². The van der Waals surface area contributed by atoms with Gasteiger partial charge in [-0.1, -0.05) is 24.3 Å². The standard InChI is InChI=1S/C21H19FN2O/c22-17-9-7-15(8-10-17)20-6-1-2-13-24(20)21(25)19-5-3-4-16-14-23-12-11-18(16)19/h3-5,7-12,14,20H,1-2,6,13H2. The molecule has 126 valence electrons. The fraction of sp³-hybridized carbons (Fsp3) is 0.238. The minimum Gasteiger partial charge on any atom is -0.332 e. The van der Waals surface area contributed by atoms with Crippen LogP contribution in [0.15, 0.2) is 60.9 Å². The van der Waals surface area contributed by atoms with Crippen molar-refractivity contribution in [2.45, 2.75) is 25.3 Å². The van der Waals surface area contributed by atoms with Crippen molar-refractivity contribution in [3.05, 3.63) is 77.9 Å². The van der Waals surface area contributed by atoms with E-state index < -0.39 is 0 Å². The van der Waals surface area contributed by atoms with Crippen molar-refractivity contribution in [3.8, 4) is 0 Å². The molecule has 2 heterocycles. The van der Waals surface area contributed by atoms with E-state index in [9.17, 15) is 9.18 Å². The second kappa shape index (κ2) is 6.63. The van der Waals surface area contributed by atoms with E-state index in [4.69, 9.17) is 0 Å². The number of piperidine rings is 1. The zero-order valence-corrected chi connectivity index (χ0v) is 13.9. The van der Waals surface area contributed by atoms with Crippen LogP contribution in [0.25, 0.3) is 10.8 Å². The van der Waals surface area contributed by atoms with Gasteiger partial charge in [0.15, 0.2) is 0 Å². The average Bonchev–Trinajstić information content (AvgIpc) is 2.68. The van der Waals surface area contributed by atoms with Crippen molar-refractivity contribution in [1.29, 1.82) is 0 Å². The van der Waals surface area contributed by atoms with E-state index in [1.165, 1.54) is 12.1 Å². The molecule has 0 aliphatic carbocycles. The SMILES string of the molecule is O=C(c1cccc2cnccc12)N1CCCCC1c1ccc(F)cc1. The van der Waals surface area contributed by atoms with Crippen LogP contribution in [0.4, 0.5) is 4.39 Å². The molecular formula is C21H19FN2O. The third kappa shape index (κ3) is 3.00. The van der Waals surface area contributed by atoms with E-state index in [0.717, 1.165) is 42.1 Å². The number of benzene rings is 2. The summed E-state index contributed by atoms with van der Waals surface area (Å²) in [6.07, 6.45) is 6.47. The van der Waals surface area contributed by atoms with Gasteiger partial charge in [0.1, 0.15) is 5.82 Å². The fourth-order valence-corrected chi connectivity index (χ4v) is 3.67. The molecule has 0 radical (unpaired) electrons. The number of carbonyl (C=O) groups is 1. The number of hydrogen-bond acceptors (Lipinski definition) is 2. The van der Waals surface area contributed by atoms with Gasteiger partial charge in [0.25, 0.3) is 5.91 Å². The van der Waals surface area contributed by atoms with Crippen molar-refractivity contribution < 1.29 is 9.18 Å². The summed E-state index contributed by atoms with van der Waals surface area (Å²) < 4.78 is 13.3. The number of likely N-dealkylation sites (tertiary alicyclic amines) is 1. The zero-order chi connectivity index (χ0) is 17.2. The molecule has 3 nitrogen and oxygen atoms in total. The fourth-order valence-electron chi connectivity index (χ4n) is 3.67. The first kappa shape index (κ1) is 15.8. The number of nitrogens with zero attached hydrogens (tertiary/aromatic N) is 2. The Hall–Kier alpha value is -2.75. The second-order valence-corrected chi connectivity index (χ2v) is 6.46. The molecule has 0 N–H and O–H groups in total. The van der Waals surface area contributed by atoms with Gasteiger partial charge in [-0.3, -0.25) is 9.78 Å². The van der Waals surface area contributed by atoms with Crippen LogP contribution in [0, 0.1) is 5.82 Å². The second-order valence-electron chi connectivity index (χ2n) is 6.46. The molecule has 1 unspecified atom stereocenters. The van der Waals surface area contributed by atoms with Crippen LogP contribution in [0.1, 0.15) is 41.2 Å². The summed E-state index contributed by atoms with van der Waals surface area (Å²) in [6.45, 7) is 0.725. The van der Waals surface area contributed by atoms with Gasteiger partial charge < -0.3 is 4.90 Å². The van der Waals surface area contributed by atoms with Gasteiger partial charge in [-0.25, -0.2) is 4.39 Å². The van der Waals surface area contributed by atoms with Crippen LogP contribution in [-0.2, 0) is 0 Å². The summed E-state index contributed by atoms with van der Waals surface area (Å²) >= 11 is 0. The van der Waals surface area contributed by atoms with Crippen molar-refractivity contribution in [2.75, 3.05) is 6.54 Å². The van der Waals surface area contributed by atoms with Crippen molar-refractivity contribution in [1.82, 2.24) is 9.88 Å². The maximum atomic E-state index is 13.3. The van der Waals surface area contributed by atoms with Gasteiger partial charge in [0.05, 0.1) is 6.04 Å². The average molecular weight is 334 g/mol. The number of pyridine rings is 1. The highest BCUT2D eigenvalue weighted by molar-refractivity contribution is 6.07. The normalized spacial score (nSPS) is 17.6. The highest BCUT2D eigenvalue weighted by Gasteiger charge is 2.29. The molecule has 25 heavy (non-hydrogen) atoms. The Morgan fingerprint density at radius 1 is 1.08 bits per heavy atom. The highest BCUT2D eigenvalue weighted by Crippen LogP contribution is 2.33. The Balaban J connectivity index is 1.72. The summed E-state index contributed by atoms with van der Waals surface area (Å²) in [4.78, 5) is 19.4. The molecule has 4 heteroatoms. The number of rotatable bonds is 2. The van der Waals surface area contributed by atoms with Crippen LogP contribution in [0.2, 0.25) is 0 Å². The lowest BCUT2D eigenvalue weighted by molar-refractivity contribution is 0.0613. The summed E-state index contributed by atoms with van der Waals surface area (Å²) in [7, 11) is 0. The molecule has 1 aromatic heterocycles. The smallest absolute Gasteiger partial charge is 0.254 e. The number of halogens is 1. The lowest BCUT2D eigenvalue weighted by atomic mass is 9.94. The van der Waals surface area contributed by atoms with Gasteiger partial charge in [0, 0.05) is 29.9 Å². The Bertz CT molecular complexity index is 902. The highest BCUT2D eigenvalue weighted by atomic mass is 19.1. The molecule has 3 aromatic rings. The van der Waals surface area contributed by atoms with E-state index in [1.807, 2.05) is 29.2 Å². The lowest BCUT2D eigenvalue weighted by Gasteiger charge is -2.36. The topological polar surface area (TPSA) is 33.2 Å². The molecule has 1 amide bonds. The van der Waals surface area contributed by atoms with Gasteiger partial charge in [-0.15, -0.1) is 0 Å². The van der Waals surface area contributed by atoms with Crippen LogP contribution < -0.4 is 0 Å². The van der Waals surface area contributed by atoms with Crippen molar-refractivity contribution in [2.24, 2.45) is 0 Å². The molecule has 1 atom stereocenters. The summed E-state index contributed by atoms with van der Waals surface area (Å²) in [5.41, 5.74) is 1.70. The predicted octanol–water partition coefficient (Wildman–Crippen LogP) is 4.74. The van der Waals surface area contributed by atoms with Crippen LogP contribution in [0.5, 0.6) is 0 Å². The van der Waals surface area contributed by atoms with Gasteiger partial charge in [-0.05, 0) is 54.5 Å². The van der Waals surface area contributed by atoms with Gasteiger partial charge in [0.2, 0.25) is 0 Å². The third-order valence-electron chi connectivity index (χ3n) is 4.93. The Kier molecular flexibility index (Phi) is 4.18. The van der Waals surface area contributed by atoms with Gasteiger partial charge >= 0.3 is 0 Å². The molecule has 2 aromatic carbocycles. The molecule has 1 saturated heterocycles. The summed E-state index contributed by atoms with van der Waals surface area (Å²) in [5.74, 6) is -0.218. The third-order valence-corrected chi connectivity index (χ3v) is 4.93. The molecule has 0 spiro atoms. The first-order chi connectivity index (χ1) is 12.2. The van der Waals surface area contributed by atoms with E-state index in [-0.39, 0.29) is 17.8 Å². The predicted molar refractivity (Wildman–Crippen MR) is 95.8 cm³/mol. The largest absolute Gasteiger partial charge is 0.332 e. The van der Waals surface area contributed by atoms with Crippen LogP contribution in [0.3, 0.4) is 0 Å². The molecule has 1 fully saturated rings. The van der Waals surface area contributed by atoms with Crippen molar-refractivity contribution >= 4 is 16.7 Å². The lowest BCUT2D eigenvalue weighted by Crippen LogP contribution is -2.38. The Labute approximate surface area is 146 Å². The molecule has 0 saturated carbocycles. The number of fused-ring (bicyclic) bond motifs is 1. The van der Waals surface area contributed by atoms with E-state index in [1.54, 1.807) is 24.5 Å². The zero-order valence-electron chi connectivity index (χ0n) is 13.9. The first-order valence-corrected chi connectivity index (χ1v) is 8.63. The minimum absolute atomic E-state index is 0.000978. The minimum atomic E-state index is -0.251. The molecule has 1 aliphatic rings. The van der Waals surface area contributed by atoms with E-state index in [2.05, 4.69) is 4.98 Å². The number of amides is 1. The quantitative estimate of drug-likeness (QED) is 0.678. The van der Waals surface area contributed by atoms with Gasteiger partial charge in [-0.2, -0.15) is 0 Å².